The van der Waals surface area contributed by atoms with Crippen molar-refractivity contribution in [2.45, 2.75) is 13.8 Å². The van der Waals surface area contributed by atoms with Crippen LogP contribution in [-0.2, 0) is 9.53 Å². The molecule has 1 aromatic carbocycles. The Labute approximate surface area is 108 Å². The molecule has 0 amide bonds. The van der Waals surface area contributed by atoms with Gasteiger partial charge in [0.1, 0.15) is 5.75 Å². The zero-order chi connectivity index (χ0) is 13.4. The quantitative estimate of drug-likeness (QED) is 0.454. The topological polar surface area (TPSA) is 35.5 Å². The molecular formula is C15H18O3. The SMILES string of the molecule is C/C=C(\C=C\C(=O)OCC)c1ccc(OC)cc1. The molecule has 0 fully saturated rings. The van der Waals surface area contributed by atoms with E-state index in [0.29, 0.717) is 6.61 Å². The van der Waals surface area contributed by atoms with Crippen LogP contribution in [0.5, 0.6) is 5.75 Å². The summed E-state index contributed by atoms with van der Waals surface area (Å²) in [6.07, 6.45) is 5.13. The molecule has 0 saturated heterocycles. The van der Waals surface area contributed by atoms with Gasteiger partial charge in [0.05, 0.1) is 13.7 Å². The van der Waals surface area contributed by atoms with Crippen LogP contribution in [0, 0.1) is 0 Å². The number of rotatable bonds is 5. The summed E-state index contributed by atoms with van der Waals surface area (Å²) < 4.78 is 9.94. The average Bonchev–Trinajstić information content (AvgIpc) is 2.40. The van der Waals surface area contributed by atoms with Crippen molar-refractivity contribution in [1.82, 2.24) is 0 Å². The van der Waals surface area contributed by atoms with Crippen molar-refractivity contribution in [2.24, 2.45) is 0 Å². The summed E-state index contributed by atoms with van der Waals surface area (Å²) in [6.45, 7) is 4.09. The number of hydrogen-bond acceptors (Lipinski definition) is 3. The lowest BCUT2D eigenvalue weighted by molar-refractivity contribution is -0.137. The van der Waals surface area contributed by atoms with Gasteiger partial charge >= 0.3 is 5.97 Å². The summed E-state index contributed by atoms with van der Waals surface area (Å²) in [7, 11) is 1.63. The smallest absolute Gasteiger partial charge is 0.330 e. The fourth-order valence-corrected chi connectivity index (χ4v) is 1.49. The summed E-state index contributed by atoms with van der Waals surface area (Å²) in [5.41, 5.74) is 1.99. The van der Waals surface area contributed by atoms with E-state index in [4.69, 9.17) is 9.47 Å². The highest BCUT2D eigenvalue weighted by molar-refractivity contribution is 5.87. The predicted molar refractivity (Wildman–Crippen MR) is 72.4 cm³/mol. The van der Waals surface area contributed by atoms with Crippen LogP contribution in [0.4, 0.5) is 0 Å². The second kappa shape index (κ2) is 7.33. The molecule has 0 radical (unpaired) electrons. The van der Waals surface area contributed by atoms with Gasteiger partial charge in [-0.25, -0.2) is 4.79 Å². The van der Waals surface area contributed by atoms with Gasteiger partial charge in [-0.2, -0.15) is 0 Å². The number of carbonyl (C=O) groups is 1. The number of allylic oxidation sites excluding steroid dienone is 3. The molecule has 0 spiro atoms. The van der Waals surface area contributed by atoms with Gasteiger partial charge in [0.25, 0.3) is 0 Å². The van der Waals surface area contributed by atoms with Crippen LogP contribution in [0.25, 0.3) is 5.57 Å². The van der Waals surface area contributed by atoms with Crippen LogP contribution in [-0.4, -0.2) is 19.7 Å². The lowest BCUT2D eigenvalue weighted by atomic mass is 10.1. The van der Waals surface area contributed by atoms with E-state index < -0.39 is 0 Å². The number of hydrogen-bond donors (Lipinski definition) is 0. The molecule has 0 unspecified atom stereocenters. The Kier molecular flexibility index (Phi) is 5.71. The van der Waals surface area contributed by atoms with Crippen molar-refractivity contribution in [3.05, 3.63) is 48.1 Å². The van der Waals surface area contributed by atoms with Crippen LogP contribution in [0.1, 0.15) is 19.4 Å². The van der Waals surface area contributed by atoms with Crippen molar-refractivity contribution < 1.29 is 14.3 Å². The molecular weight excluding hydrogens is 228 g/mol. The molecule has 0 aliphatic carbocycles. The van der Waals surface area contributed by atoms with E-state index in [1.54, 1.807) is 20.1 Å². The van der Waals surface area contributed by atoms with Gasteiger partial charge in [-0.1, -0.05) is 18.2 Å². The molecule has 0 aliphatic rings. The van der Waals surface area contributed by atoms with E-state index in [1.165, 1.54) is 6.08 Å². The second-order valence-corrected chi connectivity index (χ2v) is 3.56. The fraction of sp³-hybridized carbons (Fsp3) is 0.267. The van der Waals surface area contributed by atoms with Gasteiger partial charge in [-0.3, -0.25) is 0 Å². The number of carbonyl (C=O) groups excluding carboxylic acids is 1. The van der Waals surface area contributed by atoms with Gasteiger partial charge in [-0.15, -0.1) is 0 Å². The number of methoxy groups -OCH3 is 1. The van der Waals surface area contributed by atoms with Crippen LogP contribution in [0.15, 0.2) is 42.5 Å². The predicted octanol–water partition coefficient (Wildman–Crippen LogP) is 3.22. The molecule has 0 heterocycles. The van der Waals surface area contributed by atoms with Gasteiger partial charge < -0.3 is 9.47 Å². The normalized spacial score (nSPS) is 11.6. The van der Waals surface area contributed by atoms with E-state index in [2.05, 4.69) is 0 Å². The van der Waals surface area contributed by atoms with Gasteiger partial charge in [0.2, 0.25) is 0 Å². The van der Waals surface area contributed by atoms with E-state index in [9.17, 15) is 4.79 Å². The third-order valence-electron chi connectivity index (χ3n) is 2.42. The maximum absolute atomic E-state index is 11.2. The molecule has 0 bridgehead atoms. The summed E-state index contributed by atoms with van der Waals surface area (Å²) in [6, 6.07) is 7.67. The first kappa shape index (κ1) is 14.0. The van der Waals surface area contributed by atoms with Gasteiger partial charge in [0.15, 0.2) is 0 Å². The third-order valence-corrected chi connectivity index (χ3v) is 2.42. The van der Waals surface area contributed by atoms with Crippen molar-refractivity contribution in [2.75, 3.05) is 13.7 Å². The maximum atomic E-state index is 11.2. The van der Waals surface area contributed by atoms with Crippen molar-refractivity contribution >= 4 is 11.5 Å². The van der Waals surface area contributed by atoms with E-state index >= 15 is 0 Å². The number of esters is 1. The Hall–Kier alpha value is -2.03. The summed E-state index contributed by atoms with van der Waals surface area (Å²) in [4.78, 5) is 11.2. The standard InChI is InChI=1S/C15H18O3/c1-4-12(8-11-15(16)18-5-2)13-6-9-14(17-3)10-7-13/h4,6-11H,5H2,1-3H3/b11-8+,12-4+. The summed E-state index contributed by atoms with van der Waals surface area (Å²) in [5, 5.41) is 0. The van der Waals surface area contributed by atoms with Crippen molar-refractivity contribution in [3.63, 3.8) is 0 Å². The molecule has 0 saturated carbocycles. The number of benzene rings is 1. The first-order chi connectivity index (χ1) is 8.71. The molecule has 1 rings (SSSR count). The summed E-state index contributed by atoms with van der Waals surface area (Å²) >= 11 is 0. The van der Waals surface area contributed by atoms with E-state index in [1.807, 2.05) is 37.3 Å². The molecule has 0 aromatic heterocycles. The lowest BCUT2D eigenvalue weighted by Crippen LogP contribution is -1.98. The molecule has 3 heteroatoms. The van der Waals surface area contributed by atoms with Crippen LogP contribution in [0.2, 0.25) is 0 Å². The Bertz CT molecular complexity index is 441. The highest BCUT2D eigenvalue weighted by Gasteiger charge is 1.99. The van der Waals surface area contributed by atoms with E-state index in [0.717, 1.165) is 16.9 Å². The van der Waals surface area contributed by atoms with Gasteiger partial charge in [-0.05, 0) is 43.2 Å². The molecule has 18 heavy (non-hydrogen) atoms. The third kappa shape index (κ3) is 4.09. The Morgan fingerprint density at radius 2 is 1.89 bits per heavy atom. The average molecular weight is 246 g/mol. The minimum Gasteiger partial charge on any atom is -0.497 e. The van der Waals surface area contributed by atoms with Crippen LogP contribution >= 0.6 is 0 Å². The Balaban J connectivity index is 2.80. The van der Waals surface area contributed by atoms with Gasteiger partial charge in [0, 0.05) is 6.08 Å². The minimum atomic E-state index is -0.328. The first-order valence-electron chi connectivity index (χ1n) is 5.86. The largest absolute Gasteiger partial charge is 0.497 e. The summed E-state index contributed by atoms with van der Waals surface area (Å²) in [5.74, 6) is 0.480. The van der Waals surface area contributed by atoms with E-state index in [-0.39, 0.29) is 5.97 Å². The number of ether oxygens (including phenoxy) is 2. The minimum absolute atomic E-state index is 0.328. The Morgan fingerprint density at radius 1 is 1.22 bits per heavy atom. The highest BCUT2D eigenvalue weighted by Crippen LogP contribution is 2.19. The molecule has 0 atom stereocenters. The lowest BCUT2D eigenvalue weighted by Gasteiger charge is -2.04. The van der Waals surface area contributed by atoms with Crippen LogP contribution < -0.4 is 4.74 Å². The molecule has 1 aromatic rings. The Morgan fingerprint density at radius 3 is 2.39 bits per heavy atom. The molecule has 0 N–H and O–H groups in total. The van der Waals surface area contributed by atoms with Crippen molar-refractivity contribution in [3.8, 4) is 5.75 Å². The monoisotopic (exact) mass is 246 g/mol. The van der Waals surface area contributed by atoms with Crippen molar-refractivity contribution in [1.29, 1.82) is 0 Å². The first-order valence-corrected chi connectivity index (χ1v) is 5.86. The zero-order valence-corrected chi connectivity index (χ0v) is 11.0. The molecule has 3 nitrogen and oxygen atoms in total. The van der Waals surface area contributed by atoms with Crippen LogP contribution in [0.3, 0.4) is 0 Å². The second-order valence-electron chi connectivity index (χ2n) is 3.56. The fourth-order valence-electron chi connectivity index (χ4n) is 1.49. The molecule has 0 aliphatic heterocycles. The highest BCUT2D eigenvalue weighted by atomic mass is 16.5. The maximum Gasteiger partial charge on any atom is 0.330 e. The zero-order valence-electron chi connectivity index (χ0n) is 11.0. The molecule has 96 valence electrons.